The van der Waals surface area contributed by atoms with Crippen molar-refractivity contribution < 1.29 is 14.7 Å². The summed E-state index contributed by atoms with van der Waals surface area (Å²) in [5.41, 5.74) is 1.25. The van der Waals surface area contributed by atoms with Crippen LogP contribution in [0, 0.1) is 0 Å². The Kier molecular flexibility index (Phi) is 6.68. The number of aliphatic carboxylic acids is 1. The molecule has 1 atom stereocenters. The van der Waals surface area contributed by atoms with Crippen LogP contribution in [0.3, 0.4) is 0 Å². The molecule has 126 valence electrons. The van der Waals surface area contributed by atoms with Gasteiger partial charge in [-0.2, -0.15) is 0 Å². The van der Waals surface area contributed by atoms with Crippen LogP contribution in [-0.4, -0.2) is 36.7 Å². The first kappa shape index (κ1) is 18.8. The van der Waals surface area contributed by atoms with E-state index in [0.29, 0.717) is 10.6 Å². The van der Waals surface area contributed by atoms with Gasteiger partial charge in [-0.3, -0.25) is 0 Å². The van der Waals surface area contributed by atoms with Gasteiger partial charge in [0, 0.05) is 0 Å². The first-order valence-corrected chi connectivity index (χ1v) is 16.4. The van der Waals surface area contributed by atoms with E-state index in [9.17, 15) is 9.59 Å². The second kappa shape index (κ2) is 8.53. The number of amides is 1. The van der Waals surface area contributed by atoms with Gasteiger partial charge in [0.15, 0.2) is 0 Å². The molecule has 2 N–H and O–H groups in total. The molecule has 2 rings (SSSR count). The van der Waals surface area contributed by atoms with E-state index in [1.165, 1.54) is 3.58 Å². The van der Waals surface area contributed by atoms with E-state index in [4.69, 9.17) is 16.7 Å². The Morgan fingerprint density at radius 1 is 1.08 bits per heavy atom. The van der Waals surface area contributed by atoms with Crippen LogP contribution in [0.4, 0.5) is 0 Å². The molecular weight excluding hydrogens is 432 g/mol. The van der Waals surface area contributed by atoms with Crippen molar-refractivity contribution in [2.75, 3.05) is 0 Å². The number of carboxylic acids is 1. The van der Waals surface area contributed by atoms with Gasteiger partial charge in [-0.1, -0.05) is 0 Å². The SMILES string of the molecule is [CH3][SnH]([CH3])[c]1ccc(C(CC(=O)O)NC(=O)c2ccc(Cl)cc2)cc1. The van der Waals surface area contributed by atoms with Crippen LogP contribution in [-0.2, 0) is 4.79 Å². The van der Waals surface area contributed by atoms with Crippen molar-refractivity contribution in [2.24, 2.45) is 0 Å². The van der Waals surface area contributed by atoms with Gasteiger partial charge in [-0.25, -0.2) is 0 Å². The average molecular weight is 453 g/mol. The van der Waals surface area contributed by atoms with Crippen LogP contribution in [0.1, 0.15) is 28.4 Å². The summed E-state index contributed by atoms with van der Waals surface area (Å²) in [7, 11) is 0. The van der Waals surface area contributed by atoms with Gasteiger partial charge in [0.25, 0.3) is 0 Å². The maximum absolute atomic E-state index is 12.4. The number of benzene rings is 2. The van der Waals surface area contributed by atoms with Crippen LogP contribution >= 0.6 is 11.6 Å². The molecule has 0 aliphatic rings. The molecule has 0 saturated heterocycles. The number of rotatable bonds is 6. The van der Waals surface area contributed by atoms with Crippen molar-refractivity contribution in [3.8, 4) is 0 Å². The van der Waals surface area contributed by atoms with Crippen molar-refractivity contribution in [1.29, 1.82) is 0 Å². The second-order valence-electron chi connectivity index (χ2n) is 5.95. The van der Waals surface area contributed by atoms with E-state index in [-0.39, 0.29) is 12.3 Å². The fourth-order valence-corrected chi connectivity index (χ4v) is 5.26. The van der Waals surface area contributed by atoms with Crippen LogP contribution in [0.15, 0.2) is 48.5 Å². The minimum atomic E-state index is -1.57. The maximum atomic E-state index is 12.4. The quantitative estimate of drug-likeness (QED) is 0.663. The second-order valence-corrected chi connectivity index (χ2v) is 14.9. The molecule has 24 heavy (non-hydrogen) atoms. The standard InChI is InChI=1S/C16H13ClNO3.2CH3.Sn.H/c17-13-8-6-12(7-9-13)16(21)18-14(10-15(19)20)11-4-2-1-3-5-11;;;;/h2-9,14H,10H2,(H,18,21)(H,19,20);2*1H3;;. The molecule has 0 spiro atoms. The first-order valence-electron chi connectivity index (χ1n) is 7.75. The zero-order valence-electron chi connectivity index (χ0n) is 13.6. The first-order chi connectivity index (χ1) is 11.4. The number of carboxylic acid groups (broad SMARTS) is 1. The molecular formula is C18H20ClNO3Sn. The van der Waals surface area contributed by atoms with Gasteiger partial charge >= 0.3 is 154 Å². The molecule has 0 aromatic heterocycles. The predicted octanol–water partition coefficient (Wildman–Crippen LogP) is 2.98. The number of nitrogens with one attached hydrogen (secondary N) is 1. The van der Waals surface area contributed by atoms with Crippen LogP contribution < -0.4 is 8.90 Å². The third kappa shape index (κ3) is 5.24. The number of hydrogen-bond acceptors (Lipinski definition) is 2. The molecule has 1 amide bonds. The number of carbonyl (C=O) groups is 2. The third-order valence-electron chi connectivity index (χ3n) is 3.80. The Morgan fingerprint density at radius 3 is 2.17 bits per heavy atom. The summed E-state index contributed by atoms with van der Waals surface area (Å²) >= 11 is 4.25. The summed E-state index contributed by atoms with van der Waals surface area (Å²) in [6, 6.07) is 13.9. The van der Waals surface area contributed by atoms with Crippen molar-refractivity contribution in [3.63, 3.8) is 0 Å². The normalized spacial score (nSPS) is 12.0. The molecule has 0 aliphatic heterocycles. The summed E-state index contributed by atoms with van der Waals surface area (Å²) < 4.78 is 1.37. The van der Waals surface area contributed by atoms with Crippen molar-refractivity contribution in [3.05, 3.63) is 64.7 Å². The van der Waals surface area contributed by atoms with Gasteiger partial charge in [0.1, 0.15) is 0 Å². The molecule has 0 aliphatic carbocycles. The average Bonchev–Trinajstić information content (AvgIpc) is 2.54. The molecule has 6 heteroatoms. The van der Waals surface area contributed by atoms with E-state index in [2.05, 4.69) is 27.3 Å². The van der Waals surface area contributed by atoms with Crippen molar-refractivity contribution in [2.45, 2.75) is 22.3 Å². The molecule has 2 aromatic carbocycles. The summed E-state index contributed by atoms with van der Waals surface area (Å²) in [4.78, 5) is 28.1. The number of carbonyl (C=O) groups excluding carboxylic acids is 1. The van der Waals surface area contributed by atoms with E-state index >= 15 is 0 Å². The van der Waals surface area contributed by atoms with E-state index < -0.39 is 31.8 Å². The monoisotopic (exact) mass is 453 g/mol. The molecule has 0 saturated carbocycles. The van der Waals surface area contributed by atoms with E-state index in [1.807, 2.05) is 12.1 Å². The fourth-order valence-electron chi connectivity index (χ4n) is 2.38. The Hall–Kier alpha value is -1.53. The molecule has 4 nitrogen and oxygen atoms in total. The summed E-state index contributed by atoms with van der Waals surface area (Å²) in [6.07, 6.45) is -0.163. The minimum absolute atomic E-state index is 0.163. The van der Waals surface area contributed by atoms with Gasteiger partial charge < -0.3 is 0 Å². The van der Waals surface area contributed by atoms with Crippen molar-refractivity contribution in [1.82, 2.24) is 5.32 Å². The molecule has 0 bridgehead atoms. The summed E-state index contributed by atoms with van der Waals surface area (Å²) in [5.74, 6) is -1.27. The topological polar surface area (TPSA) is 66.4 Å². The molecule has 0 radical (unpaired) electrons. The van der Waals surface area contributed by atoms with Crippen LogP contribution in [0.2, 0.25) is 14.9 Å². The number of halogens is 1. The summed E-state index contributed by atoms with van der Waals surface area (Å²) in [6.45, 7) is 0. The predicted molar refractivity (Wildman–Crippen MR) is 98.9 cm³/mol. The Labute approximate surface area is 153 Å². The van der Waals surface area contributed by atoms with Crippen LogP contribution in [0.25, 0.3) is 0 Å². The molecule has 1 unspecified atom stereocenters. The van der Waals surface area contributed by atoms with Gasteiger partial charge in [0.2, 0.25) is 0 Å². The zero-order valence-corrected chi connectivity index (χ0v) is 17.7. The zero-order chi connectivity index (χ0) is 17.7. The third-order valence-corrected chi connectivity index (χ3v) is 8.95. The van der Waals surface area contributed by atoms with E-state index in [1.54, 1.807) is 24.3 Å². The van der Waals surface area contributed by atoms with Crippen molar-refractivity contribution >= 4 is 46.8 Å². The summed E-state index contributed by atoms with van der Waals surface area (Å²) in [5, 5.41) is 12.5. The Morgan fingerprint density at radius 2 is 1.67 bits per heavy atom. The van der Waals surface area contributed by atoms with Gasteiger partial charge in [-0.05, 0) is 0 Å². The van der Waals surface area contributed by atoms with Gasteiger partial charge in [0.05, 0.1) is 0 Å². The van der Waals surface area contributed by atoms with E-state index in [0.717, 1.165) is 5.56 Å². The number of hydrogen-bond donors (Lipinski definition) is 2. The fraction of sp³-hybridized carbons (Fsp3) is 0.222. The van der Waals surface area contributed by atoms with Crippen LogP contribution in [0.5, 0.6) is 0 Å². The van der Waals surface area contributed by atoms with Gasteiger partial charge in [-0.15, -0.1) is 0 Å². The Bertz CT molecular complexity index is 714. The molecule has 0 fully saturated rings. The molecule has 2 aromatic rings. The molecule has 0 heterocycles. The Balaban J connectivity index is 2.20.